The Labute approximate surface area is 162 Å². The van der Waals surface area contributed by atoms with Gasteiger partial charge in [-0.1, -0.05) is 60.7 Å². The number of fused-ring (bicyclic) bond motifs is 1. The lowest BCUT2D eigenvalue weighted by Gasteiger charge is -2.10. The van der Waals surface area contributed by atoms with Crippen LogP contribution < -0.4 is 9.47 Å². The van der Waals surface area contributed by atoms with Gasteiger partial charge in [0.2, 0.25) is 0 Å². The van der Waals surface area contributed by atoms with Crippen LogP contribution in [0.15, 0.2) is 97.1 Å². The second kappa shape index (κ2) is 7.76. The molecule has 0 saturated carbocycles. The first kappa shape index (κ1) is 17.5. The SMILES string of the molecule is O=C(Oc1ccccc1)c1cccc2c(C(=O)Oc3ccccc3)cccc12. The van der Waals surface area contributed by atoms with E-state index < -0.39 is 11.9 Å². The average molecular weight is 368 g/mol. The number of esters is 2. The van der Waals surface area contributed by atoms with Crippen LogP contribution in [0.25, 0.3) is 10.8 Å². The van der Waals surface area contributed by atoms with Gasteiger partial charge in [-0.05, 0) is 47.2 Å². The van der Waals surface area contributed by atoms with Crippen LogP contribution in [-0.2, 0) is 0 Å². The van der Waals surface area contributed by atoms with Crippen LogP contribution in [0.2, 0.25) is 0 Å². The number of para-hydroxylation sites is 2. The zero-order valence-electron chi connectivity index (χ0n) is 14.9. The first-order chi connectivity index (χ1) is 13.7. The van der Waals surface area contributed by atoms with E-state index in [1.54, 1.807) is 84.9 Å². The number of ether oxygens (including phenoxy) is 2. The normalized spacial score (nSPS) is 10.4. The van der Waals surface area contributed by atoms with Gasteiger partial charge in [-0.15, -0.1) is 0 Å². The third-order valence-electron chi connectivity index (χ3n) is 4.27. The molecule has 4 aromatic rings. The predicted octanol–water partition coefficient (Wildman–Crippen LogP) is 5.28. The van der Waals surface area contributed by atoms with Crippen LogP contribution >= 0.6 is 0 Å². The van der Waals surface area contributed by atoms with E-state index in [0.717, 1.165) is 0 Å². The van der Waals surface area contributed by atoms with Crippen LogP contribution in [0.3, 0.4) is 0 Å². The number of carbonyl (C=O) groups excluding carboxylic acids is 2. The highest BCUT2D eigenvalue weighted by Crippen LogP contribution is 2.25. The van der Waals surface area contributed by atoms with E-state index in [1.807, 2.05) is 12.1 Å². The molecule has 0 aromatic heterocycles. The van der Waals surface area contributed by atoms with Crippen LogP contribution in [0.5, 0.6) is 11.5 Å². The van der Waals surface area contributed by atoms with Gasteiger partial charge in [0, 0.05) is 0 Å². The number of benzene rings is 4. The van der Waals surface area contributed by atoms with E-state index >= 15 is 0 Å². The van der Waals surface area contributed by atoms with Crippen molar-refractivity contribution in [1.82, 2.24) is 0 Å². The van der Waals surface area contributed by atoms with Gasteiger partial charge < -0.3 is 9.47 Å². The quantitative estimate of drug-likeness (QED) is 0.363. The lowest BCUT2D eigenvalue weighted by atomic mass is 10.00. The standard InChI is InChI=1S/C24H16O4/c25-23(27-17-9-3-1-4-10-17)21-15-7-14-20-19(21)13-8-16-22(20)24(26)28-18-11-5-2-6-12-18/h1-16H. The molecule has 0 saturated heterocycles. The van der Waals surface area contributed by atoms with E-state index in [0.29, 0.717) is 33.4 Å². The third-order valence-corrected chi connectivity index (χ3v) is 4.27. The minimum Gasteiger partial charge on any atom is -0.423 e. The minimum absolute atomic E-state index is 0.385. The van der Waals surface area contributed by atoms with Crippen molar-refractivity contribution < 1.29 is 19.1 Å². The lowest BCUT2D eigenvalue weighted by Crippen LogP contribution is -2.11. The number of hydrogen-bond donors (Lipinski definition) is 0. The van der Waals surface area contributed by atoms with Gasteiger partial charge in [-0.2, -0.15) is 0 Å². The summed E-state index contributed by atoms with van der Waals surface area (Å²) >= 11 is 0. The molecule has 0 radical (unpaired) electrons. The molecule has 0 heterocycles. The van der Waals surface area contributed by atoms with Gasteiger partial charge >= 0.3 is 11.9 Å². The Morgan fingerprint density at radius 1 is 0.464 bits per heavy atom. The van der Waals surface area contributed by atoms with E-state index in [9.17, 15) is 9.59 Å². The Bertz CT molecular complexity index is 1040. The lowest BCUT2D eigenvalue weighted by molar-refractivity contribution is 0.0725. The summed E-state index contributed by atoms with van der Waals surface area (Å²) in [5, 5.41) is 1.26. The maximum Gasteiger partial charge on any atom is 0.344 e. The number of carbonyl (C=O) groups is 2. The molecule has 0 spiro atoms. The molecule has 4 rings (SSSR count). The smallest absolute Gasteiger partial charge is 0.344 e. The van der Waals surface area contributed by atoms with Crippen molar-refractivity contribution >= 4 is 22.7 Å². The maximum absolute atomic E-state index is 12.7. The zero-order chi connectivity index (χ0) is 19.3. The van der Waals surface area contributed by atoms with Gasteiger partial charge in [-0.3, -0.25) is 0 Å². The van der Waals surface area contributed by atoms with E-state index in [2.05, 4.69) is 0 Å². The van der Waals surface area contributed by atoms with Crippen LogP contribution in [0, 0.1) is 0 Å². The largest absolute Gasteiger partial charge is 0.423 e. The highest BCUT2D eigenvalue weighted by Gasteiger charge is 2.17. The Morgan fingerprint density at radius 3 is 1.25 bits per heavy atom. The Hall–Kier alpha value is -3.92. The molecule has 136 valence electrons. The fourth-order valence-corrected chi connectivity index (χ4v) is 2.97. The predicted molar refractivity (Wildman–Crippen MR) is 107 cm³/mol. The average Bonchev–Trinajstić information content (AvgIpc) is 2.74. The topological polar surface area (TPSA) is 52.6 Å². The van der Waals surface area contributed by atoms with E-state index in [1.165, 1.54) is 0 Å². The molecule has 0 aliphatic carbocycles. The molecular formula is C24H16O4. The molecule has 0 aliphatic rings. The molecular weight excluding hydrogens is 352 g/mol. The summed E-state index contributed by atoms with van der Waals surface area (Å²) in [7, 11) is 0. The second-order valence-electron chi connectivity index (χ2n) is 6.11. The molecule has 0 atom stereocenters. The van der Waals surface area contributed by atoms with Gasteiger partial charge in [0.05, 0.1) is 11.1 Å². The summed E-state index contributed by atoms with van der Waals surface area (Å²) in [4.78, 5) is 25.3. The van der Waals surface area contributed by atoms with Gasteiger partial charge in [0.15, 0.2) is 0 Å². The first-order valence-corrected chi connectivity index (χ1v) is 8.78. The second-order valence-corrected chi connectivity index (χ2v) is 6.11. The Balaban J connectivity index is 1.68. The molecule has 0 amide bonds. The summed E-state index contributed by atoms with van der Waals surface area (Å²) in [6.45, 7) is 0. The van der Waals surface area contributed by atoms with Crippen molar-refractivity contribution in [2.24, 2.45) is 0 Å². The van der Waals surface area contributed by atoms with Gasteiger partial charge in [0.25, 0.3) is 0 Å². The van der Waals surface area contributed by atoms with Crippen molar-refractivity contribution in [2.45, 2.75) is 0 Å². The molecule has 0 bridgehead atoms. The first-order valence-electron chi connectivity index (χ1n) is 8.78. The van der Waals surface area contributed by atoms with Gasteiger partial charge in [0.1, 0.15) is 11.5 Å². The molecule has 0 unspecified atom stereocenters. The monoisotopic (exact) mass is 368 g/mol. The highest BCUT2D eigenvalue weighted by molar-refractivity contribution is 6.11. The maximum atomic E-state index is 12.7. The molecule has 0 fully saturated rings. The third kappa shape index (κ3) is 3.62. The highest BCUT2D eigenvalue weighted by atomic mass is 16.5. The molecule has 28 heavy (non-hydrogen) atoms. The number of hydrogen-bond acceptors (Lipinski definition) is 4. The molecule has 4 heteroatoms. The fraction of sp³-hybridized carbons (Fsp3) is 0. The summed E-state index contributed by atoms with van der Waals surface area (Å²) in [5.74, 6) is -0.0379. The van der Waals surface area contributed by atoms with Crippen LogP contribution in [0.4, 0.5) is 0 Å². The molecule has 0 aliphatic heterocycles. The Kier molecular flexibility index (Phi) is 4.85. The van der Waals surface area contributed by atoms with Crippen molar-refractivity contribution in [3.8, 4) is 11.5 Å². The van der Waals surface area contributed by atoms with Crippen LogP contribution in [-0.4, -0.2) is 11.9 Å². The molecule has 4 aromatic carbocycles. The Morgan fingerprint density at radius 2 is 0.857 bits per heavy atom. The van der Waals surface area contributed by atoms with Crippen molar-refractivity contribution in [3.05, 3.63) is 108 Å². The van der Waals surface area contributed by atoms with Crippen molar-refractivity contribution in [3.63, 3.8) is 0 Å². The summed E-state index contributed by atoms with van der Waals surface area (Å²) in [6, 6.07) is 28.1. The van der Waals surface area contributed by atoms with Crippen molar-refractivity contribution in [1.29, 1.82) is 0 Å². The minimum atomic E-state index is -0.481. The van der Waals surface area contributed by atoms with E-state index in [-0.39, 0.29) is 0 Å². The summed E-state index contributed by atoms with van der Waals surface area (Å²) in [5.41, 5.74) is 0.770. The molecule has 4 nitrogen and oxygen atoms in total. The zero-order valence-corrected chi connectivity index (χ0v) is 14.9. The van der Waals surface area contributed by atoms with Crippen molar-refractivity contribution in [2.75, 3.05) is 0 Å². The van der Waals surface area contributed by atoms with E-state index in [4.69, 9.17) is 9.47 Å². The number of rotatable bonds is 4. The summed E-state index contributed by atoms with van der Waals surface area (Å²) in [6.07, 6.45) is 0. The fourth-order valence-electron chi connectivity index (χ4n) is 2.97. The van der Waals surface area contributed by atoms with Crippen LogP contribution in [0.1, 0.15) is 20.7 Å². The summed E-state index contributed by atoms with van der Waals surface area (Å²) < 4.78 is 10.9. The molecule has 0 N–H and O–H groups in total. The van der Waals surface area contributed by atoms with Gasteiger partial charge in [-0.25, -0.2) is 9.59 Å².